The van der Waals surface area contributed by atoms with Gasteiger partial charge in [-0.2, -0.15) is 9.97 Å². The van der Waals surface area contributed by atoms with Crippen LogP contribution in [0.15, 0.2) is 6.33 Å². The van der Waals surface area contributed by atoms with Crippen LogP contribution in [0.4, 0.5) is 5.82 Å². The Hall–Kier alpha value is -1.33. The number of ether oxygens (including phenoxy) is 1. The molecule has 0 aromatic carbocycles. The van der Waals surface area contributed by atoms with Gasteiger partial charge in [-0.15, -0.1) is 0 Å². The van der Waals surface area contributed by atoms with Crippen molar-refractivity contribution in [2.75, 3.05) is 24.2 Å². The van der Waals surface area contributed by atoms with Crippen molar-refractivity contribution in [3.8, 4) is 0 Å². The molecule has 1 saturated carbocycles. The van der Waals surface area contributed by atoms with E-state index in [0.717, 1.165) is 25.9 Å². The molecular weight excluding hydrogens is 473 g/mol. The first-order chi connectivity index (χ1) is 15.7. The van der Waals surface area contributed by atoms with Crippen molar-refractivity contribution >= 4 is 36.2 Å². The molecule has 2 saturated heterocycles. The van der Waals surface area contributed by atoms with E-state index in [1.54, 1.807) is 0 Å². The zero-order chi connectivity index (χ0) is 23.4. The van der Waals surface area contributed by atoms with Crippen molar-refractivity contribution in [1.29, 1.82) is 0 Å². The Bertz CT molecular complexity index is 1060. The van der Waals surface area contributed by atoms with Crippen molar-refractivity contribution in [3.05, 3.63) is 11.6 Å². The number of aromatic nitrogens is 4. The van der Waals surface area contributed by atoms with Crippen LogP contribution in [0.5, 0.6) is 0 Å². The number of aliphatic hydroxyl groups is 2. The smallest absolute Gasteiger partial charge is 0.325 e. The van der Waals surface area contributed by atoms with Crippen LogP contribution in [0.3, 0.4) is 0 Å². The topological polar surface area (TPSA) is 154 Å². The van der Waals surface area contributed by atoms with Crippen LogP contribution >= 0.6 is 19.2 Å². The van der Waals surface area contributed by atoms with Gasteiger partial charge in [-0.05, 0) is 49.1 Å². The van der Waals surface area contributed by atoms with Crippen LogP contribution in [0.25, 0.3) is 11.2 Å². The van der Waals surface area contributed by atoms with Crippen LogP contribution in [0.1, 0.15) is 51.2 Å². The summed E-state index contributed by atoms with van der Waals surface area (Å²) in [4.78, 5) is 33.7. The van der Waals surface area contributed by atoms with E-state index >= 15 is 0 Å². The Balaban J connectivity index is 1.39. The number of fused-ring (bicyclic) bond motifs is 1. The number of piperidine rings is 1. The molecule has 4 heterocycles. The summed E-state index contributed by atoms with van der Waals surface area (Å²) in [6.07, 6.45) is 3.74. The normalized spacial score (nSPS) is 30.0. The van der Waals surface area contributed by atoms with E-state index in [-0.39, 0.29) is 11.7 Å². The fourth-order valence-corrected chi connectivity index (χ4v) is 6.34. The van der Waals surface area contributed by atoms with Gasteiger partial charge in [0.1, 0.15) is 12.2 Å². The highest BCUT2D eigenvalue weighted by Gasteiger charge is 2.45. The second-order valence-corrected chi connectivity index (χ2v) is 11.7. The lowest BCUT2D eigenvalue weighted by molar-refractivity contribution is -0.0355. The molecule has 1 unspecified atom stereocenters. The van der Waals surface area contributed by atoms with Gasteiger partial charge in [-0.25, -0.2) is 4.98 Å². The third-order valence-corrected chi connectivity index (χ3v) is 8.49. The molecule has 1 spiro atoms. The largest absolute Gasteiger partial charge is 0.388 e. The number of rotatable bonds is 5. The Morgan fingerprint density at radius 1 is 1.12 bits per heavy atom. The van der Waals surface area contributed by atoms with E-state index in [1.807, 2.05) is 0 Å². The Kier molecular flexibility index (Phi) is 6.18. The van der Waals surface area contributed by atoms with Crippen molar-refractivity contribution in [2.24, 2.45) is 5.41 Å². The van der Waals surface area contributed by atoms with Gasteiger partial charge < -0.3 is 29.6 Å². The summed E-state index contributed by atoms with van der Waals surface area (Å²) in [6, 6.07) is 0. The molecule has 0 radical (unpaired) electrons. The summed E-state index contributed by atoms with van der Waals surface area (Å²) in [5, 5.41) is 21.0. The molecular formula is C20H29ClN5O6P. The van der Waals surface area contributed by atoms with Gasteiger partial charge in [0.2, 0.25) is 5.28 Å². The second-order valence-electron chi connectivity index (χ2n) is 9.56. The van der Waals surface area contributed by atoms with Crippen LogP contribution in [-0.2, 0) is 9.30 Å². The summed E-state index contributed by atoms with van der Waals surface area (Å²) in [5.41, 5.74) is 1.36. The van der Waals surface area contributed by atoms with Gasteiger partial charge in [0.15, 0.2) is 23.2 Å². The van der Waals surface area contributed by atoms with Gasteiger partial charge in [-0.3, -0.25) is 9.13 Å². The van der Waals surface area contributed by atoms with Gasteiger partial charge in [0.05, 0.1) is 18.6 Å². The number of aliphatic hydroxyl groups excluding tert-OH is 2. The van der Waals surface area contributed by atoms with Crippen molar-refractivity contribution in [2.45, 2.75) is 69.5 Å². The molecule has 4 atom stereocenters. The maximum Gasteiger partial charge on any atom is 0.325 e. The minimum absolute atomic E-state index is 0.0477. The molecule has 5 rings (SSSR count). The number of anilines is 1. The van der Waals surface area contributed by atoms with Gasteiger partial charge >= 0.3 is 7.60 Å². The fraction of sp³-hybridized carbons (Fsp3) is 0.750. The number of nitrogens with zero attached hydrogens (tertiary/aromatic N) is 5. The summed E-state index contributed by atoms with van der Waals surface area (Å²) >= 11 is 6.26. The van der Waals surface area contributed by atoms with Gasteiger partial charge in [-0.1, -0.05) is 12.8 Å². The number of hydrogen-bond acceptors (Lipinski definition) is 8. The molecule has 0 bridgehead atoms. The lowest BCUT2D eigenvalue weighted by Gasteiger charge is -2.39. The van der Waals surface area contributed by atoms with Crippen LogP contribution in [0.2, 0.25) is 5.28 Å². The minimum Gasteiger partial charge on any atom is -0.388 e. The Morgan fingerprint density at radius 3 is 2.48 bits per heavy atom. The highest BCUT2D eigenvalue weighted by atomic mass is 35.5. The van der Waals surface area contributed by atoms with Gasteiger partial charge in [0, 0.05) is 13.1 Å². The molecule has 33 heavy (non-hydrogen) atoms. The first kappa shape index (κ1) is 23.4. The molecule has 3 aliphatic rings. The Labute approximate surface area is 195 Å². The Morgan fingerprint density at radius 2 is 1.82 bits per heavy atom. The number of imidazole rings is 1. The minimum atomic E-state index is -4.26. The molecule has 2 aromatic heterocycles. The third-order valence-electron chi connectivity index (χ3n) is 7.48. The van der Waals surface area contributed by atoms with E-state index in [4.69, 9.17) is 26.1 Å². The molecule has 1 aliphatic carbocycles. The fourth-order valence-electron chi connectivity index (χ4n) is 5.59. The van der Waals surface area contributed by atoms with E-state index < -0.39 is 38.3 Å². The third kappa shape index (κ3) is 4.52. The predicted molar refractivity (Wildman–Crippen MR) is 120 cm³/mol. The molecule has 13 heteroatoms. The molecule has 4 N–H and O–H groups in total. The summed E-state index contributed by atoms with van der Waals surface area (Å²) in [5.74, 6) is 0.641. The lowest BCUT2D eigenvalue weighted by atomic mass is 9.77. The number of hydrogen-bond donors (Lipinski definition) is 4. The molecule has 11 nitrogen and oxygen atoms in total. The summed E-state index contributed by atoms with van der Waals surface area (Å²) in [6.45, 7) is 1.72. The lowest BCUT2D eigenvalue weighted by Crippen LogP contribution is -2.39. The van der Waals surface area contributed by atoms with Crippen LogP contribution < -0.4 is 4.90 Å². The standard InChI is InChI=1S/C20H29ClN5O6P/c21-19-23-16(25-8-6-20(7-9-25)4-1-2-5-20)13-17(24-19)26(11-22-13)18-15(28)14(27)12(32-18)3-10-33(29,30)31/h11-12,14-15,18,27-28H,1-10H2,(H2,29,30,31)/t12-,14?,15+,18-/m1/s1. The first-order valence-corrected chi connectivity index (χ1v) is 13.5. The average molecular weight is 502 g/mol. The highest BCUT2D eigenvalue weighted by Crippen LogP contribution is 2.47. The monoisotopic (exact) mass is 501 g/mol. The summed E-state index contributed by atoms with van der Waals surface area (Å²) in [7, 11) is -4.26. The zero-order valence-electron chi connectivity index (χ0n) is 18.1. The molecule has 0 amide bonds. The van der Waals surface area contributed by atoms with E-state index in [2.05, 4.69) is 19.9 Å². The molecule has 2 aliphatic heterocycles. The SMILES string of the molecule is O=P(O)(O)CC[C@H]1O[C@@H](n2cnc3c(N4CCC5(CCCC5)CC4)nc(Cl)nc32)[C@@H](O)C1O. The molecule has 2 aromatic rings. The van der Waals surface area contributed by atoms with Crippen LogP contribution in [0, 0.1) is 5.41 Å². The quantitative estimate of drug-likeness (QED) is 0.352. The van der Waals surface area contributed by atoms with Crippen molar-refractivity contribution in [3.63, 3.8) is 0 Å². The van der Waals surface area contributed by atoms with E-state index in [0.29, 0.717) is 22.4 Å². The predicted octanol–water partition coefficient (Wildman–Crippen LogP) is 1.83. The maximum atomic E-state index is 11.2. The van der Waals surface area contributed by atoms with E-state index in [1.165, 1.54) is 36.6 Å². The number of halogens is 1. The van der Waals surface area contributed by atoms with Crippen molar-refractivity contribution < 1.29 is 29.3 Å². The molecule has 3 fully saturated rings. The molecule has 182 valence electrons. The van der Waals surface area contributed by atoms with E-state index in [9.17, 15) is 14.8 Å². The van der Waals surface area contributed by atoms with Gasteiger partial charge in [0.25, 0.3) is 0 Å². The zero-order valence-corrected chi connectivity index (χ0v) is 19.8. The maximum absolute atomic E-state index is 11.2. The van der Waals surface area contributed by atoms with Crippen LogP contribution in [-0.4, -0.2) is 77.1 Å². The average Bonchev–Trinajstić information content (AvgIpc) is 3.46. The van der Waals surface area contributed by atoms with Crippen molar-refractivity contribution in [1.82, 2.24) is 19.5 Å². The second kappa shape index (κ2) is 8.71. The highest BCUT2D eigenvalue weighted by molar-refractivity contribution is 7.51. The summed E-state index contributed by atoms with van der Waals surface area (Å²) < 4.78 is 18.5. The first-order valence-electron chi connectivity index (χ1n) is 11.4.